The fraction of sp³-hybridized carbons (Fsp3) is 0.533. The zero-order valence-electron chi connectivity index (χ0n) is 13.2. The quantitative estimate of drug-likeness (QED) is 0.822. The number of hydrogen-bond donors (Lipinski definition) is 0. The van der Waals surface area contributed by atoms with E-state index in [4.69, 9.17) is 9.47 Å². The van der Waals surface area contributed by atoms with E-state index < -0.39 is 10.0 Å². The van der Waals surface area contributed by atoms with Crippen LogP contribution in [0.15, 0.2) is 18.2 Å². The summed E-state index contributed by atoms with van der Waals surface area (Å²) in [5.41, 5.74) is 0.741. The van der Waals surface area contributed by atoms with Gasteiger partial charge in [-0.15, -0.1) is 0 Å². The first-order chi connectivity index (χ1) is 10.9. The molecule has 1 fully saturated rings. The minimum atomic E-state index is -3.18. The molecule has 7 nitrogen and oxygen atoms in total. The van der Waals surface area contributed by atoms with E-state index in [1.165, 1.54) is 10.6 Å². The largest absolute Gasteiger partial charge is 0.454 e. The normalized spacial score (nSPS) is 18.9. The van der Waals surface area contributed by atoms with Crippen LogP contribution in [0.25, 0.3) is 0 Å². The molecule has 0 radical (unpaired) electrons. The van der Waals surface area contributed by atoms with Crippen molar-refractivity contribution in [1.29, 1.82) is 0 Å². The Bertz CT molecular complexity index is 711. The van der Waals surface area contributed by atoms with Crippen LogP contribution >= 0.6 is 0 Å². The maximum absolute atomic E-state index is 12.6. The minimum absolute atomic E-state index is 0.00276. The molecular weight excluding hydrogens is 320 g/mol. The highest BCUT2D eigenvalue weighted by atomic mass is 32.2. The fourth-order valence-electron chi connectivity index (χ4n) is 2.93. The fourth-order valence-corrected chi connectivity index (χ4v) is 3.80. The number of benzene rings is 1. The summed E-state index contributed by atoms with van der Waals surface area (Å²) in [5.74, 6) is 1.14. The van der Waals surface area contributed by atoms with Gasteiger partial charge in [-0.05, 0) is 25.0 Å². The molecule has 1 aromatic carbocycles. The Balaban J connectivity index is 1.67. The van der Waals surface area contributed by atoms with Crippen LogP contribution in [0.5, 0.6) is 11.5 Å². The maximum Gasteiger partial charge on any atom is 0.231 e. The number of carbonyl (C=O) groups is 1. The van der Waals surface area contributed by atoms with E-state index in [1.807, 2.05) is 6.07 Å². The van der Waals surface area contributed by atoms with Crippen LogP contribution in [-0.4, -0.2) is 51.8 Å². The third-order valence-corrected chi connectivity index (χ3v) is 5.65. The predicted octanol–water partition coefficient (Wildman–Crippen LogP) is 1.05. The van der Waals surface area contributed by atoms with Crippen molar-refractivity contribution in [2.45, 2.75) is 12.8 Å². The van der Waals surface area contributed by atoms with Gasteiger partial charge >= 0.3 is 0 Å². The van der Waals surface area contributed by atoms with Gasteiger partial charge in [0.2, 0.25) is 22.7 Å². The molecule has 2 aliphatic heterocycles. The maximum atomic E-state index is 12.6. The molecule has 23 heavy (non-hydrogen) atoms. The Labute approximate surface area is 135 Å². The lowest BCUT2D eigenvalue weighted by Gasteiger charge is -2.31. The van der Waals surface area contributed by atoms with Crippen LogP contribution in [0.1, 0.15) is 12.8 Å². The number of anilines is 1. The summed E-state index contributed by atoms with van der Waals surface area (Å²) in [4.78, 5) is 14.2. The second kappa shape index (κ2) is 6.01. The lowest BCUT2D eigenvalue weighted by Crippen LogP contribution is -2.43. The summed E-state index contributed by atoms with van der Waals surface area (Å²) in [6.45, 7) is 0.981. The third-order valence-electron chi connectivity index (χ3n) is 4.35. The van der Waals surface area contributed by atoms with E-state index in [2.05, 4.69) is 0 Å². The summed E-state index contributed by atoms with van der Waals surface area (Å²) < 4.78 is 35.1. The van der Waals surface area contributed by atoms with Crippen molar-refractivity contribution in [3.05, 3.63) is 18.2 Å². The van der Waals surface area contributed by atoms with E-state index in [0.717, 1.165) is 5.69 Å². The number of fused-ring (bicyclic) bond motifs is 1. The molecule has 0 atom stereocenters. The minimum Gasteiger partial charge on any atom is -0.454 e. The summed E-state index contributed by atoms with van der Waals surface area (Å²) in [6, 6.07) is 5.39. The van der Waals surface area contributed by atoms with E-state index in [0.29, 0.717) is 37.4 Å². The number of ether oxygens (including phenoxy) is 2. The molecule has 0 aliphatic carbocycles. The Kier molecular flexibility index (Phi) is 4.20. The molecule has 126 valence electrons. The smallest absolute Gasteiger partial charge is 0.231 e. The number of rotatable bonds is 3. The van der Waals surface area contributed by atoms with Crippen LogP contribution in [0.3, 0.4) is 0 Å². The van der Waals surface area contributed by atoms with Crippen LogP contribution in [0.2, 0.25) is 0 Å². The Morgan fingerprint density at radius 2 is 1.87 bits per heavy atom. The molecular formula is C15H20N2O5S. The van der Waals surface area contributed by atoms with E-state index >= 15 is 0 Å². The second-order valence-corrected chi connectivity index (χ2v) is 7.85. The molecule has 0 spiro atoms. The summed E-state index contributed by atoms with van der Waals surface area (Å²) in [6.07, 6.45) is 2.29. The van der Waals surface area contributed by atoms with Crippen molar-refractivity contribution < 1.29 is 22.7 Å². The van der Waals surface area contributed by atoms with Crippen LogP contribution < -0.4 is 14.4 Å². The third kappa shape index (κ3) is 3.28. The van der Waals surface area contributed by atoms with Crippen molar-refractivity contribution in [2.75, 3.05) is 38.1 Å². The van der Waals surface area contributed by atoms with Crippen molar-refractivity contribution in [2.24, 2.45) is 5.92 Å². The SMILES string of the molecule is CN(C(=O)C1CCN(S(C)(=O)=O)CC1)c1ccc2c(c1)OCO2. The van der Waals surface area contributed by atoms with Gasteiger partial charge in [-0.2, -0.15) is 0 Å². The topological polar surface area (TPSA) is 76.2 Å². The molecule has 0 aromatic heterocycles. The second-order valence-electron chi connectivity index (χ2n) is 5.87. The van der Waals surface area contributed by atoms with Crippen LogP contribution in [0.4, 0.5) is 5.69 Å². The molecule has 1 amide bonds. The lowest BCUT2D eigenvalue weighted by molar-refractivity contribution is -0.123. The van der Waals surface area contributed by atoms with Crippen molar-refractivity contribution in [3.63, 3.8) is 0 Å². The number of piperidine rings is 1. The molecule has 1 aromatic rings. The first-order valence-corrected chi connectivity index (χ1v) is 9.33. The highest BCUT2D eigenvalue weighted by Gasteiger charge is 2.31. The number of carbonyl (C=O) groups excluding carboxylic acids is 1. The Morgan fingerprint density at radius 3 is 2.52 bits per heavy atom. The molecule has 0 unspecified atom stereocenters. The number of amides is 1. The standard InChI is InChI=1S/C15H20N2O5S/c1-16(12-3-4-13-14(9-12)22-10-21-13)15(18)11-5-7-17(8-6-11)23(2,19)20/h3-4,9,11H,5-8,10H2,1-2H3. The van der Waals surface area contributed by atoms with Gasteiger partial charge in [0.05, 0.1) is 6.26 Å². The number of hydrogen-bond acceptors (Lipinski definition) is 5. The number of sulfonamides is 1. The van der Waals surface area contributed by atoms with Crippen molar-refractivity contribution in [3.8, 4) is 11.5 Å². The predicted molar refractivity (Wildman–Crippen MR) is 85.1 cm³/mol. The zero-order chi connectivity index (χ0) is 16.6. The van der Waals surface area contributed by atoms with Gasteiger partial charge in [0.15, 0.2) is 11.5 Å². The van der Waals surface area contributed by atoms with Crippen LogP contribution in [-0.2, 0) is 14.8 Å². The first-order valence-electron chi connectivity index (χ1n) is 7.48. The molecule has 2 aliphatic rings. The van der Waals surface area contributed by atoms with E-state index in [1.54, 1.807) is 24.1 Å². The van der Waals surface area contributed by atoms with Gasteiger partial charge in [0.1, 0.15) is 0 Å². The summed E-state index contributed by atoms with van der Waals surface area (Å²) >= 11 is 0. The monoisotopic (exact) mass is 340 g/mol. The lowest BCUT2D eigenvalue weighted by atomic mass is 9.96. The molecule has 0 N–H and O–H groups in total. The highest BCUT2D eigenvalue weighted by molar-refractivity contribution is 7.88. The van der Waals surface area contributed by atoms with Gasteiger partial charge < -0.3 is 14.4 Å². The van der Waals surface area contributed by atoms with Gasteiger partial charge in [0.25, 0.3) is 0 Å². The molecule has 2 heterocycles. The Hall–Kier alpha value is -1.80. The highest BCUT2D eigenvalue weighted by Crippen LogP contribution is 2.35. The van der Waals surface area contributed by atoms with Crippen LogP contribution in [0, 0.1) is 5.92 Å². The van der Waals surface area contributed by atoms with E-state index in [-0.39, 0.29) is 18.6 Å². The summed E-state index contributed by atoms with van der Waals surface area (Å²) in [7, 11) is -1.45. The zero-order valence-corrected chi connectivity index (χ0v) is 14.0. The van der Waals surface area contributed by atoms with Gasteiger partial charge in [-0.25, -0.2) is 12.7 Å². The molecule has 0 bridgehead atoms. The molecule has 0 saturated carbocycles. The van der Waals surface area contributed by atoms with Crippen molar-refractivity contribution >= 4 is 21.6 Å². The molecule has 3 rings (SSSR count). The number of nitrogens with zero attached hydrogens (tertiary/aromatic N) is 2. The molecule has 8 heteroatoms. The van der Waals surface area contributed by atoms with E-state index in [9.17, 15) is 13.2 Å². The Morgan fingerprint density at radius 1 is 1.22 bits per heavy atom. The van der Waals surface area contributed by atoms with Crippen molar-refractivity contribution in [1.82, 2.24) is 4.31 Å². The van der Waals surface area contributed by atoms with Gasteiger partial charge in [-0.1, -0.05) is 0 Å². The average Bonchev–Trinajstić information content (AvgIpc) is 3.00. The van der Waals surface area contributed by atoms with Gasteiger partial charge in [-0.3, -0.25) is 4.79 Å². The van der Waals surface area contributed by atoms with Gasteiger partial charge in [0, 0.05) is 37.8 Å². The average molecular weight is 340 g/mol. The molecule has 1 saturated heterocycles. The first kappa shape index (κ1) is 16.1. The summed E-state index contributed by atoms with van der Waals surface area (Å²) in [5, 5.41) is 0.